The van der Waals surface area contributed by atoms with E-state index < -0.39 is 10.0 Å². The minimum Gasteiger partial charge on any atom is -0.468 e. The molecule has 0 N–H and O–H groups in total. The Balaban J connectivity index is 2.14. The number of rotatable bonds is 5. The molecule has 5 heteroatoms. The first-order chi connectivity index (χ1) is 7.13. The first kappa shape index (κ1) is 10.7. The summed E-state index contributed by atoms with van der Waals surface area (Å²) >= 11 is 0. The molecular formula is C10H15NO3S. The lowest BCUT2D eigenvalue weighted by atomic mass is 10.4. The van der Waals surface area contributed by atoms with Crippen molar-refractivity contribution < 1.29 is 12.8 Å². The molecule has 1 aromatic heterocycles. The largest absolute Gasteiger partial charge is 0.468 e. The second-order valence-electron chi connectivity index (χ2n) is 3.76. The van der Waals surface area contributed by atoms with Crippen molar-refractivity contribution in [3.63, 3.8) is 0 Å². The third kappa shape index (κ3) is 2.41. The molecule has 84 valence electrons. The van der Waals surface area contributed by atoms with E-state index in [1.54, 1.807) is 29.6 Å². The van der Waals surface area contributed by atoms with Gasteiger partial charge in [0, 0.05) is 6.04 Å². The molecule has 1 aliphatic rings. The molecule has 2 rings (SSSR count). The van der Waals surface area contributed by atoms with E-state index in [1.165, 1.54) is 0 Å². The van der Waals surface area contributed by atoms with Crippen molar-refractivity contribution in [1.82, 2.24) is 4.31 Å². The van der Waals surface area contributed by atoms with E-state index in [1.807, 2.05) is 0 Å². The van der Waals surface area contributed by atoms with E-state index in [0.29, 0.717) is 12.3 Å². The maximum Gasteiger partial charge on any atom is 0.214 e. The molecule has 0 aromatic carbocycles. The standard InChI is InChI=1S/C10H15NO3S/c1-2-15(12,13)11(9-5-6-9)8-10-4-3-7-14-10/h3-4,7,9H,2,5-6,8H2,1H3. The Hall–Kier alpha value is -0.810. The van der Waals surface area contributed by atoms with E-state index in [0.717, 1.165) is 12.8 Å². The molecule has 0 radical (unpaired) electrons. The second-order valence-corrected chi connectivity index (χ2v) is 5.97. The first-order valence-corrected chi connectivity index (χ1v) is 6.76. The molecule has 15 heavy (non-hydrogen) atoms. The smallest absolute Gasteiger partial charge is 0.214 e. The van der Waals surface area contributed by atoms with Crippen molar-refractivity contribution in [2.75, 3.05) is 5.75 Å². The molecule has 4 nitrogen and oxygen atoms in total. The van der Waals surface area contributed by atoms with Crippen LogP contribution in [0.15, 0.2) is 22.8 Å². The van der Waals surface area contributed by atoms with Gasteiger partial charge in [-0.1, -0.05) is 0 Å². The third-order valence-corrected chi connectivity index (χ3v) is 4.44. The van der Waals surface area contributed by atoms with Crippen LogP contribution in [-0.2, 0) is 16.6 Å². The van der Waals surface area contributed by atoms with Gasteiger partial charge in [0.1, 0.15) is 5.76 Å². The van der Waals surface area contributed by atoms with Gasteiger partial charge in [-0.05, 0) is 31.9 Å². The van der Waals surface area contributed by atoms with Gasteiger partial charge in [0.05, 0.1) is 18.6 Å². The number of hydrogen-bond donors (Lipinski definition) is 0. The summed E-state index contributed by atoms with van der Waals surface area (Å²) in [6.45, 7) is 2.04. The maximum atomic E-state index is 11.8. The van der Waals surface area contributed by atoms with Crippen molar-refractivity contribution in [2.24, 2.45) is 0 Å². The normalized spacial score (nSPS) is 17.2. The van der Waals surface area contributed by atoms with Crippen LogP contribution in [0.5, 0.6) is 0 Å². The summed E-state index contributed by atoms with van der Waals surface area (Å²) in [5, 5.41) is 0. The molecule has 0 bridgehead atoms. The zero-order chi connectivity index (χ0) is 10.9. The number of hydrogen-bond acceptors (Lipinski definition) is 3. The van der Waals surface area contributed by atoms with Crippen molar-refractivity contribution in [3.05, 3.63) is 24.2 Å². The molecule has 1 fully saturated rings. The van der Waals surface area contributed by atoms with Crippen LogP contribution in [0, 0.1) is 0 Å². The van der Waals surface area contributed by atoms with Gasteiger partial charge in [0.25, 0.3) is 0 Å². The molecular weight excluding hydrogens is 214 g/mol. The summed E-state index contributed by atoms with van der Waals surface area (Å²) in [7, 11) is -3.10. The molecule has 1 heterocycles. The minimum absolute atomic E-state index is 0.157. The lowest BCUT2D eigenvalue weighted by Crippen LogP contribution is -2.33. The van der Waals surface area contributed by atoms with Crippen molar-refractivity contribution in [1.29, 1.82) is 0 Å². The fourth-order valence-corrected chi connectivity index (χ4v) is 2.86. The molecule has 0 amide bonds. The Kier molecular flexibility index (Phi) is 2.84. The van der Waals surface area contributed by atoms with Gasteiger partial charge in [-0.2, -0.15) is 4.31 Å². The summed E-state index contributed by atoms with van der Waals surface area (Å²) in [5.74, 6) is 0.864. The van der Waals surface area contributed by atoms with E-state index in [9.17, 15) is 8.42 Å². The zero-order valence-electron chi connectivity index (χ0n) is 8.72. The number of furan rings is 1. The topological polar surface area (TPSA) is 50.5 Å². The van der Waals surface area contributed by atoms with Crippen LogP contribution in [0.25, 0.3) is 0 Å². The molecule has 0 aliphatic heterocycles. The molecule has 0 saturated heterocycles. The van der Waals surface area contributed by atoms with Crippen LogP contribution in [0.2, 0.25) is 0 Å². The molecule has 0 atom stereocenters. The van der Waals surface area contributed by atoms with Gasteiger partial charge in [-0.15, -0.1) is 0 Å². The highest BCUT2D eigenvalue weighted by Crippen LogP contribution is 2.30. The lowest BCUT2D eigenvalue weighted by Gasteiger charge is -2.19. The Labute approximate surface area is 89.9 Å². The predicted molar refractivity (Wildman–Crippen MR) is 56.7 cm³/mol. The highest BCUT2D eigenvalue weighted by Gasteiger charge is 2.36. The summed E-state index contributed by atoms with van der Waals surface area (Å²) in [5.41, 5.74) is 0. The Morgan fingerprint density at radius 2 is 2.27 bits per heavy atom. The number of nitrogens with zero attached hydrogens (tertiary/aromatic N) is 1. The first-order valence-electron chi connectivity index (χ1n) is 5.15. The summed E-state index contributed by atoms with van der Waals surface area (Å²) in [4.78, 5) is 0. The summed E-state index contributed by atoms with van der Waals surface area (Å²) < 4.78 is 30.3. The Morgan fingerprint density at radius 1 is 1.53 bits per heavy atom. The van der Waals surface area contributed by atoms with Crippen LogP contribution in [0.4, 0.5) is 0 Å². The van der Waals surface area contributed by atoms with E-state index >= 15 is 0 Å². The number of sulfonamides is 1. The van der Waals surface area contributed by atoms with Crippen molar-refractivity contribution >= 4 is 10.0 Å². The minimum atomic E-state index is -3.10. The second kappa shape index (κ2) is 3.98. The van der Waals surface area contributed by atoms with Crippen LogP contribution in [-0.4, -0.2) is 24.5 Å². The van der Waals surface area contributed by atoms with Crippen molar-refractivity contribution in [3.8, 4) is 0 Å². The van der Waals surface area contributed by atoms with Crippen LogP contribution in [0.3, 0.4) is 0 Å². The van der Waals surface area contributed by atoms with Crippen molar-refractivity contribution in [2.45, 2.75) is 32.4 Å². The van der Waals surface area contributed by atoms with Gasteiger partial charge in [-0.25, -0.2) is 8.42 Å². The fourth-order valence-electron chi connectivity index (χ4n) is 1.54. The molecule has 0 unspecified atom stereocenters. The molecule has 0 spiro atoms. The van der Waals surface area contributed by atoms with Gasteiger partial charge >= 0.3 is 0 Å². The molecule has 1 aliphatic carbocycles. The third-order valence-electron chi connectivity index (χ3n) is 2.57. The summed E-state index contributed by atoms with van der Waals surface area (Å²) in [6, 6.07) is 3.78. The summed E-state index contributed by atoms with van der Waals surface area (Å²) in [6.07, 6.45) is 3.51. The zero-order valence-corrected chi connectivity index (χ0v) is 9.53. The SMILES string of the molecule is CCS(=O)(=O)N(Cc1ccco1)C1CC1. The van der Waals surface area contributed by atoms with E-state index in [-0.39, 0.29) is 11.8 Å². The lowest BCUT2D eigenvalue weighted by molar-refractivity contribution is 0.357. The highest BCUT2D eigenvalue weighted by atomic mass is 32.2. The molecule has 1 aromatic rings. The average Bonchev–Trinajstić information content (AvgIpc) is 2.92. The monoisotopic (exact) mass is 229 g/mol. The van der Waals surface area contributed by atoms with E-state index in [2.05, 4.69) is 0 Å². The highest BCUT2D eigenvalue weighted by molar-refractivity contribution is 7.89. The van der Waals surface area contributed by atoms with Crippen LogP contribution >= 0.6 is 0 Å². The van der Waals surface area contributed by atoms with Gasteiger partial charge in [0.2, 0.25) is 10.0 Å². The fraction of sp³-hybridized carbons (Fsp3) is 0.600. The quantitative estimate of drug-likeness (QED) is 0.770. The van der Waals surface area contributed by atoms with Gasteiger partial charge in [-0.3, -0.25) is 0 Å². The Morgan fingerprint density at radius 3 is 2.73 bits per heavy atom. The molecule has 1 saturated carbocycles. The maximum absolute atomic E-state index is 11.8. The van der Waals surface area contributed by atoms with E-state index in [4.69, 9.17) is 4.42 Å². The van der Waals surface area contributed by atoms with Crippen LogP contribution < -0.4 is 0 Å². The van der Waals surface area contributed by atoms with Gasteiger partial charge < -0.3 is 4.42 Å². The van der Waals surface area contributed by atoms with Gasteiger partial charge in [0.15, 0.2) is 0 Å². The van der Waals surface area contributed by atoms with Crippen LogP contribution in [0.1, 0.15) is 25.5 Å². The average molecular weight is 229 g/mol. The predicted octanol–water partition coefficient (Wildman–Crippen LogP) is 1.59. The Bertz CT molecular complexity index is 406.